The van der Waals surface area contributed by atoms with Crippen LogP contribution in [0.15, 0.2) is 12.1 Å². The maximum atomic E-state index is 10.7. The summed E-state index contributed by atoms with van der Waals surface area (Å²) in [4.78, 5) is 14.3. The molecule has 0 bridgehead atoms. The Labute approximate surface area is 107 Å². The smallest absolute Gasteiger partial charge is 0.276 e. The first-order chi connectivity index (χ1) is 8.38. The van der Waals surface area contributed by atoms with Crippen molar-refractivity contribution in [2.24, 2.45) is 5.92 Å². The van der Waals surface area contributed by atoms with E-state index < -0.39 is 4.92 Å². The standard InChI is InChI=1S/C12H20N4O2/c1-8(2)4-5-9(3)14-12-7-10(16(17)18)6-11(13)15-12/h6-9H,4-5H2,1-3H3,(H3,13,14,15). The van der Waals surface area contributed by atoms with Crippen LogP contribution >= 0.6 is 0 Å². The highest BCUT2D eigenvalue weighted by molar-refractivity contribution is 5.52. The Hall–Kier alpha value is -1.85. The maximum Gasteiger partial charge on any atom is 0.276 e. The molecule has 0 amide bonds. The molecule has 0 fully saturated rings. The molecule has 100 valence electrons. The molecule has 0 aliphatic rings. The average molecular weight is 252 g/mol. The number of anilines is 2. The van der Waals surface area contributed by atoms with Crippen molar-refractivity contribution in [2.75, 3.05) is 11.1 Å². The van der Waals surface area contributed by atoms with Crippen LogP contribution in [0.2, 0.25) is 0 Å². The zero-order valence-electron chi connectivity index (χ0n) is 11.0. The van der Waals surface area contributed by atoms with Crippen LogP contribution < -0.4 is 11.1 Å². The number of hydrogen-bond acceptors (Lipinski definition) is 5. The average Bonchev–Trinajstić information content (AvgIpc) is 2.25. The van der Waals surface area contributed by atoms with Crippen molar-refractivity contribution in [2.45, 2.75) is 39.7 Å². The third-order valence-corrected chi connectivity index (χ3v) is 2.61. The minimum absolute atomic E-state index is 0.0407. The molecular weight excluding hydrogens is 232 g/mol. The zero-order chi connectivity index (χ0) is 13.7. The van der Waals surface area contributed by atoms with Gasteiger partial charge in [0, 0.05) is 6.04 Å². The summed E-state index contributed by atoms with van der Waals surface area (Å²) in [7, 11) is 0. The van der Waals surface area contributed by atoms with Crippen molar-refractivity contribution in [3.8, 4) is 0 Å². The van der Waals surface area contributed by atoms with Crippen molar-refractivity contribution in [1.82, 2.24) is 4.98 Å². The highest BCUT2D eigenvalue weighted by atomic mass is 16.6. The molecule has 0 aliphatic carbocycles. The van der Waals surface area contributed by atoms with Crippen LogP contribution in [0.5, 0.6) is 0 Å². The van der Waals surface area contributed by atoms with E-state index in [-0.39, 0.29) is 17.5 Å². The van der Waals surface area contributed by atoms with Crippen LogP contribution in [-0.2, 0) is 0 Å². The molecule has 3 N–H and O–H groups in total. The topological polar surface area (TPSA) is 94.1 Å². The van der Waals surface area contributed by atoms with Crippen LogP contribution in [0.1, 0.15) is 33.6 Å². The molecule has 0 saturated heterocycles. The largest absolute Gasteiger partial charge is 0.383 e. The molecule has 6 nitrogen and oxygen atoms in total. The molecule has 0 aromatic carbocycles. The van der Waals surface area contributed by atoms with Crippen LogP contribution in [0.3, 0.4) is 0 Å². The number of rotatable bonds is 6. The SMILES string of the molecule is CC(C)CCC(C)Nc1cc([N+](=O)[O-])cc(N)n1. The molecule has 1 aromatic heterocycles. The van der Waals surface area contributed by atoms with Gasteiger partial charge in [-0.05, 0) is 25.7 Å². The van der Waals surface area contributed by atoms with Crippen molar-refractivity contribution in [1.29, 1.82) is 0 Å². The monoisotopic (exact) mass is 252 g/mol. The van der Waals surface area contributed by atoms with Gasteiger partial charge in [-0.25, -0.2) is 4.98 Å². The van der Waals surface area contributed by atoms with Gasteiger partial charge in [0.25, 0.3) is 5.69 Å². The number of nitrogens with two attached hydrogens (primary N) is 1. The van der Waals surface area contributed by atoms with Gasteiger partial charge in [-0.2, -0.15) is 0 Å². The van der Waals surface area contributed by atoms with Gasteiger partial charge in [-0.3, -0.25) is 10.1 Å². The normalized spacial score (nSPS) is 12.4. The molecule has 1 rings (SSSR count). The zero-order valence-corrected chi connectivity index (χ0v) is 11.0. The number of nitro groups is 1. The van der Waals surface area contributed by atoms with Crippen LogP contribution in [0, 0.1) is 16.0 Å². The van der Waals surface area contributed by atoms with Gasteiger partial charge in [-0.15, -0.1) is 0 Å². The number of nitrogen functional groups attached to an aromatic ring is 1. The summed E-state index contributed by atoms with van der Waals surface area (Å²) >= 11 is 0. The number of aromatic nitrogens is 1. The summed E-state index contributed by atoms with van der Waals surface area (Å²) in [5, 5.41) is 13.8. The fourth-order valence-corrected chi connectivity index (χ4v) is 1.62. The lowest BCUT2D eigenvalue weighted by Crippen LogP contribution is -2.17. The number of hydrogen-bond donors (Lipinski definition) is 2. The van der Waals surface area contributed by atoms with E-state index in [0.717, 1.165) is 12.8 Å². The Balaban J connectivity index is 2.69. The molecule has 1 unspecified atom stereocenters. The van der Waals surface area contributed by atoms with E-state index in [4.69, 9.17) is 5.73 Å². The molecular formula is C12H20N4O2. The van der Waals surface area contributed by atoms with Gasteiger partial charge >= 0.3 is 0 Å². The molecule has 0 spiro atoms. The first kappa shape index (κ1) is 14.2. The summed E-state index contributed by atoms with van der Waals surface area (Å²) in [5.41, 5.74) is 5.50. The Morgan fingerprint density at radius 1 is 1.39 bits per heavy atom. The van der Waals surface area contributed by atoms with Gasteiger partial charge in [0.1, 0.15) is 11.6 Å². The first-order valence-electron chi connectivity index (χ1n) is 6.07. The van der Waals surface area contributed by atoms with E-state index in [1.165, 1.54) is 12.1 Å². The lowest BCUT2D eigenvalue weighted by Gasteiger charge is -2.15. The van der Waals surface area contributed by atoms with Gasteiger partial charge in [0.2, 0.25) is 0 Å². The van der Waals surface area contributed by atoms with Crippen molar-refractivity contribution >= 4 is 17.3 Å². The summed E-state index contributed by atoms with van der Waals surface area (Å²) in [5.74, 6) is 1.25. The van der Waals surface area contributed by atoms with E-state index >= 15 is 0 Å². The van der Waals surface area contributed by atoms with E-state index in [1.807, 2.05) is 6.92 Å². The minimum Gasteiger partial charge on any atom is -0.383 e. The quantitative estimate of drug-likeness (QED) is 0.599. The van der Waals surface area contributed by atoms with E-state index in [9.17, 15) is 10.1 Å². The van der Waals surface area contributed by atoms with E-state index in [1.54, 1.807) is 0 Å². The third kappa shape index (κ3) is 4.57. The summed E-state index contributed by atoms with van der Waals surface area (Å²) in [6.07, 6.45) is 2.08. The van der Waals surface area contributed by atoms with Gasteiger partial charge < -0.3 is 11.1 Å². The lowest BCUT2D eigenvalue weighted by atomic mass is 10.0. The molecule has 0 saturated carbocycles. The van der Waals surface area contributed by atoms with Gasteiger partial charge in [0.15, 0.2) is 0 Å². The van der Waals surface area contributed by atoms with Crippen LogP contribution in [0.4, 0.5) is 17.3 Å². The van der Waals surface area contributed by atoms with Crippen LogP contribution in [-0.4, -0.2) is 15.9 Å². The van der Waals surface area contributed by atoms with Crippen molar-refractivity contribution in [3.63, 3.8) is 0 Å². The fourth-order valence-electron chi connectivity index (χ4n) is 1.62. The van der Waals surface area contributed by atoms with Crippen molar-refractivity contribution in [3.05, 3.63) is 22.2 Å². The summed E-state index contributed by atoms with van der Waals surface area (Å²) in [6, 6.07) is 2.87. The number of nitrogens with zero attached hydrogens (tertiary/aromatic N) is 2. The summed E-state index contributed by atoms with van der Waals surface area (Å²) in [6.45, 7) is 6.35. The van der Waals surface area contributed by atoms with Crippen molar-refractivity contribution < 1.29 is 4.92 Å². The predicted molar refractivity (Wildman–Crippen MR) is 72.5 cm³/mol. The fraction of sp³-hybridized carbons (Fsp3) is 0.583. The Kier molecular flexibility index (Phi) is 4.88. The highest BCUT2D eigenvalue weighted by Gasteiger charge is 2.11. The Bertz CT molecular complexity index is 421. The second kappa shape index (κ2) is 6.18. The van der Waals surface area contributed by atoms with Crippen LogP contribution in [0.25, 0.3) is 0 Å². The molecule has 1 heterocycles. The Morgan fingerprint density at radius 2 is 2.06 bits per heavy atom. The van der Waals surface area contributed by atoms with Gasteiger partial charge in [-0.1, -0.05) is 13.8 Å². The Morgan fingerprint density at radius 3 is 2.61 bits per heavy atom. The third-order valence-electron chi connectivity index (χ3n) is 2.61. The first-order valence-corrected chi connectivity index (χ1v) is 6.07. The predicted octanol–water partition coefficient (Wildman–Crippen LogP) is 2.81. The van der Waals surface area contributed by atoms with Gasteiger partial charge in [0.05, 0.1) is 17.1 Å². The molecule has 1 aromatic rings. The molecule has 6 heteroatoms. The summed E-state index contributed by atoms with van der Waals surface area (Å²) < 4.78 is 0. The number of pyridine rings is 1. The molecule has 0 radical (unpaired) electrons. The second-order valence-electron chi connectivity index (χ2n) is 4.91. The van der Waals surface area contributed by atoms with E-state index in [2.05, 4.69) is 24.1 Å². The lowest BCUT2D eigenvalue weighted by molar-refractivity contribution is -0.384. The minimum atomic E-state index is -0.470. The van der Waals surface area contributed by atoms with E-state index in [0.29, 0.717) is 11.7 Å². The molecule has 1 atom stereocenters. The molecule has 18 heavy (non-hydrogen) atoms. The second-order valence-corrected chi connectivity index (χ2v) is 4.91. The maximum absolute atomic E-state index is 10.7. The molecule has 0 aliphatic heterocycles. The highest BCUT2D eigenvalue weighted by Crippen LogP contribution is 2.20. The number of nitrogens with one attached hydrogen (secondary N) is 1.